The predicted molar refractivity (Wildman–Crippen MR) is 71.8 cm³/mol. The van der Waals surface area contributed by atoms with Gasteiger partial charge in [-0.25, -0.2) is 0 Å². The van der Waals surface area contributed by atoms with Crippen molar-refractivity contribution in [1.29, 1.82) is 0 Å². The van der Waals surface area contributed by atoms with Crippen molar-refractivity contribution >= 4 is 0 Å². The Labute approximate surface area is 102 Å². The fraction of sp³-hybridized carbons (Fsp3) is 1.00. The van der Waals surface area contributed by atoms with Crippen LogP contribution in [-0.4, -0.2) is 37.6 Å². The highest BCUT2D eigenvalue weighted by Crippen LogP contribution is 2.41. The van der Waals surface area contributed by atoms with E-state index in [2.05, 4.69) is 45.0 Å². The zero-order valence-corrected chi connectivity index (χ0v) is 11.8. The lowest BCUT2D eigenvalue weighted by Crippen LogP contribution is -2.41. The molecular formula is C14H30N2. The first-order chi connectivity index (χ1) is 7.45. The van der Waals surface area contributed by atoms with Crippen LogP contribution in [0.4, 0.5) is 0 Å². The number of likely N-dealkylation sites (N-methyl/N-ethyl adjacent to an activating group) is 1. The Kier molecular flexibility index (Phi) is 5.26. The summed E-state index contributed by atoms with van der Waals surface area (Å²) in [5.41, 5.74) is 0.559. The molecule has 1 aliphatic rings. The van der Waals surface area contributed by atoms with Crippen LogP contribution in [0.2, 0.25) is 0 Å². The quantitative estimate of drug-likeness (QED) is 0.749. The van der Waals surface area contributed by atoms with Gasteiger partial charge in [0.2, 0.25) is 0 Å². The van der Waals surface area contributed by atoms with Crippen molar-refractivity contribution in [1.82, 2.24) is 10.2 Å². The minimum absolute atomic E-state index is 0.559. The molecular weight excluding hydrogens is 196 g/mol. The van der Waals surface area contributed by atoms with Crippen LogP contribution >= 0.6 is 0 Å². The minimum atomic E-state index is 0.559. The molecule has 0 bridgehead atoms. The highest BCUT2D eigenvalue weighted by atomic mass is 15.1. The summed E-state index contributed by atoms with van der Waals surface area (Å²) in [7, 11) is 2.19. The molecule has 2 nitrogen and oxygen atoms in total. The molecule has 0 radical (unpaired) electrons. The monoisotopic (exact) mass is 226 g/mol. The maximum atomic E-state index is 3.70. The third kappa shape index (κ3) is 4.06. The fourth-order valence-electron chi connectivity index (χ4n) is 2.78. The van der Waals surface area contributed by atoms with Crippen molar-refractivity contribution < 1.29 is 0 Å². The Morgan fingerprint density at radius 1 is 1.44 bits per heavy atom. The van der Waals surface area contributed by atoms with Gasteiger partial charge in [-0.3, -0.25) is 0 Å². The van der Waals surface area contributed by atoms with E-state index in [-0.39, 0.29) is 0 Å². The summed E-state index contributed by atoms with van der Waals surface area (Å²) < 4.78 is 0. The van der Waals surface area contributed by atoms with Crippen LogP contribution in [0.3, 0.4) is 0 Å². The highest BCUT2D eigenvalue weighted by Gasteiger charge is 2.33. The number of hydrogen-bond acceptors (Lipinski definition) is 2. The number of rotatable bonds is 6. The second-order valence-electron chi connectivity index (χ2n) is 6.24. The summed E-state index contributed by atoms with van der Waals surface area (Å²) in [6.45, 7) is 12.9. The van der Waals surface area contributed by atoms with Crippen LogP contribution < -0.4 is 5.32 Å². The molecule has 0 aromatic carbocycles. The third-order valence-electron chi connectivity index (χ3n) is 4.32. The average Bonchev–Trinajstić information content (AvgIpc) is 2.54. The fourth-order valence-corrected chi connectivity index (χ4v) is 2.78. The van der Waals surface area contributed by atoms with Crippen molar-refractivity contribution in [2.24, 2.45) is 11.3 Å². The van der Waals surface area contributed by atoms with Gasteiger partial charge in [0.1, 0.15) is 0 Å². The first-order valence-electron chi connectivity index (χ1n) is 6.87. The molecule has 2 heteroatoms. The molecule has 16 heavy (non-hydrogen) atoms. The Hall–Kier alpha value is -0.0800. The zero-order chi connectivity index (χ0) is 12.2. The van der Waals surface area contributed by atoms with E-state index in [1.165, 1.54) is 25.8 Å². The number of hydrogen-bond donors (Lipinski definition) is 1. The molecule has 0 amide bonds. The molecule has 1 rings (SSSR count). The minimum Gasteiger partial charge on any atom is -0.313 e. The van der Waals surface area contributed by atoms with E-state index in [0.29, 0.717) is 11.5 Å². The van der Waals surface area contributed by atoms with Gasteiger partial charge in [0, 0.05) is 12.6 Å². The molecule has 1 saturated carbocycles. The summed E-state index contributed by atoms with van der Waals surface area (Å²) >= 11 is 0. The predicted octanol–water partition coefficient (Wildman–Crippen LogP) is 2.74. The lowest BCUT2D eigenvalue weighted by Gasteiger charge is -2.29. The summed E-state index contributed by atoms with van der Waals surface area (Å²) in [5, 5.41) is 3.70. The Morgan fingerprint density at radius 2 is 2.12 bits per heavy atom. The molecule has 96 valence electrons. The Morgan fingerprint density at radius 3 is 2.62 bits per heavy atom. The molecule has 2 atom stereocenters. The van der Waals surface area contributed by atoms with Crippen molar-refractivity contribution in [3.8, 4) is 0 Å². The van der Waals surface area contributed by atoms with E-state index >= 15 is 0 Å². The molecule has 0 saturated heterocycles. The van der Waals surface area contributed by atoms with E-state index in [9.17, 15) is 0 Å². The van der Waals surface area contributed by atoms with E-state index in [0.717, 1.165) is 19.0 Å². The first kappa shape index (κ1) is 14.0. The van der Waals surface area contributed by atoms with Gasteiger partial charge in [0.15, 0.2) is 0 Å². The topological polar surface area (TPSA) is 15.3 Å². The maximum Gasteiger partial charge on any atom is 0.0166 e. The van der Waals surface area contributed by atoms with E-state index in [1.54, 1.807) is 0 Å². The van der Waals surface area contributed by atoms with Crippen LogP contribution in [0.5, 0.6) is 0 Å². The van der Waals surface area contributed by atoms with Crippen molar-refractivity contribution in [3.05, 3.63) is 0 Å². The van der Waals surface area contributed by atoms with E-state index in [1.807, 2.05) is 0 Å². The van der Waals surface area contributed by atoms with Gasteiger partial charge in [-0.05, 0) is 51.2 Å². The molecule has 0 aromatic heterocycles. The van der Waals surface area contributed by atoms with Crippen LogP contribution in [-0.2, 0) is 0 Å². The van der Waals surface area contributed by atoms with E-state index < -0.39 is 0 Å². The van der Waals surface area contributed by atoms with Gasteiger partial charge < -0.3 is 10.2 Å². The molecule has 0 heterocycles. The molecule has 0 spiro atoms. The number of nitrogens with one attached hydrogen (secondary N) is 1. The maximum absolute atomic E-state index is 3.70. The van der Waals surface area contributed by atoms with E-state index in [4.69, 9.17) is 0 Å². The Bertz CT molecular complexity index is 201. The molecule has 0 aliphatic heterocycles. The summed E-state index contributed by atoms with van der Waals surface area (Å²) in [6.07, 6.45) is 4.24. The van der Waals surface area contributed by atoms with Crippen molar-refractivity contribution in [3.63, 3.8) is 0 Å². The van der Waals surface area contributed by atoms with Gasteiger partial charge in [-0.2, -0.15) is 0 Å². The van der Waals surface area contributed by atoms with Gasteiger partial charge in [0.25, 0.3) is 0 Å². The molecule has 0 aromatic rings. The lowest BCUT2D eigenvalue weighted by molar-refractivity contribution is 0.234. The van der Waals surface area contributed by atoms with Gasteiger partial charge >= 0.3 is 0 Å². The largest absolute Gasteiger partial charge is 0.313 e. The molecule has 1 N–H and O–H groups in total. The summed E-state index contributed by atoms with van der Waals surface area (Å²) in [5.74, 6) is 0.877. The first-order valence-corrected chi connectivity index (χ1v) is 6.87. The SMILES string of the molecule is CCN(C)CC(C)NCC1CCCC1(C)C. The van der Waals surface area contributed by atoms with Crippen molar-refractivity contribution in [2.75, 3.05) is 26.7 Å². The average molecular weight is 226 g/mol. The second kappa shape index (κ2) is 6.02. The van der Waals surface area contributed by atoms with Gasteiger partial charge in [0.05, 0.1) is 0 Å². The standard InChI is InChI=1S/C14H30N2/c1-6-16(5)11-12(2)15-10-13-8-7-9-14(13,3)4/h12-13,15H,6-11H2,1-5H3. The van der Waals surface area contributed by atoms with Crippen LogP contribution in [0.25, 0.3) is 0 Å². The zero-order valence-electron chi connectivity index (χ0n) is 11.8. The van der Waals surface area contributed by atoms with Crippen LogP contribution in [0.15, 0.2) is 0 Å². The smallest absolute Gasteiger partial charge is 0.0166 e. The third-order valence-corrected chi connectivity index (χ3v) is 4.32. The summed E-state index contributed by atoms with van der Waals surface area (Å²) in [4.78, 5) is 2.37. The van der Waals surface area contributed by atoms with Crippen LogP contribution in [0, 0.1) is 11.3 Å². The number of nitrogens with zero attached hydrogens (tertiary/aromatic N) is 1. The molecule has 1 aliphatic carbocycles. The molecule has 1 fully saturated rings. The Balaban J connectivity index is 2.23. The highest BCUT2D eigenvalue weighted by molar-refractivity contribution is 4.86. The van der Waals surface area contributed by atoms with Gasteiger partial charge in [-0.15, -0.1) is 0 Å². The van der Waals surface area contributed by atoms with Gasteiger partial charge in [-0.1, -0.05) is 27.2 Å². The van der Waals surface area contributed by atoms with Crippen LogP contribution in [0.1, 0.15) is 47.0 Å². The lowest BCUT2D eigenvalue weighted by atomic mass is 9.82. The van der Waals surface area contributed by atoms with Crippen molar-refractivity contribution in [2.45, 2.75) is 53.0 Å². The normalized spacial score (nSPS) is 26.2. The second-order valence-corrected chi connectivity index (χ2v) is 6.24. The summed E-state index contributed by atoms with van der Waals surface area (Å²) in [6, 6.07) is 0.612. The molecule has 2 unspecified atom stereocenters.